The zero-order valence-corrected chi connectivity index (χ0v) is 12.1. The molecule has 1 saturated heterocycles. The summed E-state index contributed by atoms with van der Waals surface area (Å²) < 4.78 is 0. The number of benzene rings is 1. The van der Waals surface area contributed by atoms with Gasteiger partial charge in [-0.05, 0) is 18.9 Å². The fourth-order valence-electron chi connectivity index (χ4n) is 2.79. The van der Waals surface area contributed by atoms with Crippen LogP contribution in [0.1, 0.15) is 23.3 Å². The maximum Gasteiger partial charge on any atom is 0.308 e. The molecule has 2 heterocycles. The van der Waals surface area contributed by atoms with Gasteiger partial charge in [-0.15, -0.1) is 0 Å². The Morgan fingerprint density at radius 1 is 1.43 bits per heavy atom. The van der Waals surface area contributed by atoms with Crippen molar-refractivity contribution in [2.75, 3.05) is 13.1 Å². The number of aromatic nitrogens is 2. The third kappa shape index (κ3) is 2.72. The molecule has 9 heteroatoms. The number of carbonyl (C=O) groups excluding carboxylic acids is 1. The Morgan fingerprint density at radius 2 is 2.22 bits per heavy atom. The molecule has 1 aromatic carbocycles. The zero-order valence-electron chi connectivity index (χ0n) is 12.1. The quantitative estimate of drug-likeness (QED) is 0.650. The van der Waals surface area contributed by atoms with E-state index in [9.17, 15) is 19.7 Å². The molecule has 1 amide bonds. The van der Waals surface area contributed by atoms with E-state index in [0.29, 0.717) is 30.3 Å². The van der Waals surface area contributed by atoms with Gasteiger partial charge in [0.1, 0.15) is 0 Å². The van der Waals surface area contributed by atoms with Gasteiger partial charge in [0.05, 0.1) is 16.4 Å². The minimum absolute atomic E-state index is 0.0785. The normalized spacial score (nSPS) is 18.1. The molecule has 1 aromatic heterocycles. The Kier molecular flexibility index (Phi) is 3.68. The number of H-pyrrole nitrogens is 1. The van der Waals surface area contributed by atoms with Crippen LogP contribution in [0.3, 0.4) is 0 Å². The highest BCUT2D eigenvalue weighted by Gasteiger charge is 2.30. The number of hydrogen-bond donors (Lipinski definition) is 2. The van der Waals surface area contributed by atoms with E-state index in [1.165, 1.54) is 23.1 Å². The first-order valence-electron chi connectivity index (χ1n) is 7.12. The van der Waals surface area contributed by atoms with Gasteiger partial charge in [0.25, 0.3) is 11.6 Å². The molecule has 1 aliphatic rings. The van der Waals surface area contributed by atoms with Crippen LogP contribution in [0.15, 0.2) is 18.2 Å². The third-order valence-corrected chi connectivity index (χ3v) is 4.02. The van der Waals surface area contributed by atoms with Gasteiger partial charge in [-0.3, -0.25) is 24.8 Å². The highest BCUT2D eigenvalue weighted by Crippen LogP contribution is 2.25. The minimum Gasteiger partial charge on any atom is -0.481 e. The first-order valence-corrected chi connectivity index (χ1v) is 7.12. The maximum absolute atomic E-state index is 12.6. The molecular weight excluding hydrogens is 304 g/mol. The predicted molar refractivity (Wildman–Crippen MR) is 79.0 cm³/mol. The van der Waals surface area contributed by atoms with Crippen LogP contribution in [0, 0.1) is 16.0 Å². The monoisotopic (exact) mass is 318 g/mol. The van der Waals surface area contributed by atoms with Crippen molar-refractivity contribution in [3.8, 4) is 0 Å². The number of fused-ring (bicyclic) bond motifs is 1. The van der Waals surface area contributed by atoms with Crippen LogP contribution < -0.4 is 0 Å². The lowest BCUT2D eigenvalue weighted by Crippen LogP contribution is -2.42. The second-order valence-corrected chi connectivity index (χ2v) is 5.49. The largest absolute Gasteiger partial charge is 0.481 e. The van der Waals surface area contributed by atoms with Gasteiger partial charge in [-0.2, -0.15) is 5.10 Å². The van der Waals surface area contributed by atoms with Crippen molar-refractivity contribution in [3.05, 3.63) is 34.0 Å². The lowest BCUT2D eigenvalue weighted by Gasteiger charge is -2.30. The Labute approximate surface area is 130 Å². The summed E-state index contributed by atoms with van der Waals surface area (Å²) in [5, 5.41) is 27.0. The summed E-state index contributed by atoms with van der Waals surface area (Å²) in [6.07, 6.45) is 1.14. The predicted octanol–water partition coefficient (Wildman–Crippen LogP) is 1.41. The number of nitrogens with one attached hydrogen (secondary N) is 1. The van der Waals surface area contributed by atoms with Gasteiger partial charge in [0.15, 0.2) is 5.69 Å². The molecule has 1 fully saturated rings. The second-order valence-electron chi connectivity index (χ2n) is 5.49. The lowest BCUT2D eigenvalue weighted by atomic mass is 9.98. The molecule has 0 bridgehead atoms. The number of amides is 1. The number of nitro groups is 1. The molecule has 23 heavy (non-hydrogen) atoms. The number of nitrogens with zero attached hydrogens (tertiary/aromatic N) is 3. The number of likely N-dealkylation sites (tertiary alicyclic amines) is 1. The molecule has 0 aliphatic carbocycles. The summed E-state index contributed by atoms with van der Waals surface area (Å²) in [5.41, 5.74) is 0.468. The molecule has 0 saturated carbocycles. The molecule has 3 rings (SSSR count). The Bertz CT molecular complexity index is 800. The number of nitro benzene ring substituents is 1. The van der Waals surface area contributed by atoms with Crippen LogP contribution in [0.5, 0.6) is 0 Å². The molecule has 9 nitrogen and oxygen atoms in total. The number of aliphatic carboxylic acids is 1. The van der Waals surface area contributed by atoms with Crippen LogP contribution in [0.2, 0.25) is 0 Å². The smallest absolute Gasteiger partial charge is 0.308 e. The minimum atomic E-state index is -0.926. The average molecular weight is 318 g/mol. The molecule has 120 valence electrons. The fourth-order valence-corrected chi connectivity index (χ4v) is 2.79. The van der Waals surface area contributed by atoms with Gasteiger partial charge in [-0.25, -0.2) is 0 Å². The summed E-state index contributed by atoms with van der Waals surface area (Å²) in [4.78, 5) is 35.5. The van der Waals surface area contributed by atoms with Crippen LogP contribution in [-0.2, 0) is 4.79 Å². The van der Waals surface area contributed by atoms with Crippen molar-refractivity contribution >= 4 is 28.5 Å². The van der Waals surface area contributed by atoms with Crippen molar-refractivity contribution in [1.29, 1.82) is 0 Å². The van der Waals surface area contributed by atoms with E-state index in [0.717, 1.165) is 0 Å². The molecule has 1 aliphatic heterocycles. The van der Waals surface area contributed by atoms with Gasteiger partial charge < -0.3 is 10.0 Å². The van der Waals surface area contributed by atoms with Gasteiger partial charge in [-0.1, -0.05) is 0 Å². The molecule has 0 radical (unpaired) electrons. The van der Waals surface area contributed by atoms with Gasteiger partial charge in [0.2, 0.25) is 0 Å². The summed E-state index contributed by atoms with van der Waals surface area (Å²) in [7, 11) is 0. The molecular formula is C14H14N4O5. The lowest BCUT2D eigenvalue weighted by molar-refractivity contribution is -0.384. The first kappa shape index (κ1) is 14.9. The number of rotatable bonds is 3. The summed E-state index contributed by atoms with van der Waals surface area (Å²) in [6.45, 7) is 0.573. The maximum atomic E-state index is 12.6. The number of carboxylic acids is 1. The first-order chi connectivity index (χ1) is 11.0. The van der Waals surface area contributed by atoms with E-state index in [1.807, 2.05) is 0 Å². The number of piperidine rings is 1. The van der Waals surface area contributed by atoms with Crippen molar-refractivity contribution < 1.29 is 19.6 Å². The van der Waals surface area contributed by atoms with E-state index in [2.05, 4.69) is 10.2 Å². The molecule has 1 atom stereocenters. The van der Waals surface area contributed by atoms with Gasteiger partial charge >= 0.3 is 5.97 Å². The SMILES string of the molecule is O=C(O)C1CCCN(C(=O)c2n[nH]c3ccc([N+](=O)[O-])cc23)C1. The molecule has 0 spiro atoms. The summed E-state index contributed by atoms with van der Waals surface area (Å²) >= 11 is 0. The number of hydrogen-bond acceptors (Lipinski definition) is 5. The van der Waals surface area contributed by atoms with E-state index < -0.39 is 22.7 Å². The van der Waals surface area contributed by atoms with Crippen molar-refractivity contribution in [2.24, 2.45) is 5.92 Å². The number of carbonyl (C=O) groups is 2. The Morgan fingerprint density at radius 3 is 2.91 bits per heavy atom. The highest BCUT2D eigenvalue weighted by atomic mass is 16.6. The zero-order chi connectivity index (χ0) is 16.6. The molecule has 1 unspecified atom stereocenters. The third-order valence-electron chi connectivity index (χ3n) is 4.02. The fraction of sp³-hybridized carbons (Fsp3) is 0.357. The van der Waals surface area contributed by atoms with E-state index in [4.69, 9.17) is 5.11 Å². The highest BCUT2D eigenvalue weighted by molar-refractivity contribution is 6.05. The number of carboxylic acid groups (broad SMARTS) is 1. The standard InChI is InChI=1S/C14H14N4O5/c19-13(17-5-1-2-8(7-17)14(20)21)12-10-6-9(18(22)23)3-4-11(10)15-16-12/h3-4,6,8H,1-2,5,7H2,(H,15,16)(H,20,21). The van der Waals surface area contributed by atoms with Crippen LogP contribution in [0.25, 0.3) is 10.9 Å². The van der Waals surface area contributed by atoms with Crippen LogP contribution >= 0.6 is 0 Å². The van der Waals surface area contributed by atoms with E-state index in [1.54, 1.807) is 0 Å². The average Bonchev–Trinajstić information content (AvgIpc) is 2.97. The van der Waals surface area contributed by atoms with Crippen LogP contribution in [-0.4, -0.2) is 50.1 Å². The van der Waals surface area contributed by atoms with Crippen LogP contribution in [0.4, 0.5) is 5.69 Å². The number of aromatic amines is 1. The summed E-state index contributed by atoms with van der Waals surface area (Å²) in [6, 6.07) is 4.12. The van der Waals surface area contributed by atoms with E-state index >= 15 is 0 Å². The van der Waals surface area contributed by atoms with Crippen molar-refractivity contribution in [3.63, 3.8) is 0 Å². The van der Waals surface area contributed by atoms with Crippen molar-refractivity contribution in [2.45, 2.75) is 12.8 Å². The topological polar surface area (TPSA) is 129 Å². The summed E-state index contributed by atoms with van der Waals surface area (Å²) in [5.74, 6) is -1.93. The Balaban J connectivity index is 1.93. The van der Waals surface area contributed by atoms with Crippen molar-refractivity contribution in [1.82, 2.24) is 15.1 Å². The Hall–Kier alpha value is -2.97. The van der Waals surface area contributed by atoms with Gasteiger partial charge in [0, 0.05) is 30.6 Å². The molecule has 2 aromatic rings. The number of non-ortho nitro benzene ring substituents is 1. The van der Waals surface area contributed by atoms with E-state index in [-0.39, 0.29) is 17.9 Å². The second kappa shape index (κ2) is 5.67. The molecule has 2 N–H and O–H groups in total.